The first-order valence-electron chi connectivity index (χ1n) is 7.79. The van der Waals surface area contributed by atoms with Gasteiger partial charge in [0.05, 0.1) is 6.61 Å². The Morgan fingerprint density at radius 1 is 1.08 bits per heavy atom. The summed E-state index contributed by atoms with van der Waals surface area (Å²) in [6.45, 7) is 6.53. The summed E-state index contributed by atoms with van der Waals surface area (Å²) in [4.78, 5) is 0. The quantitative estimate of drug-likeness (QED) is 0.367. The minimum absolute atomic E-state index is 0.138. The highest BCUT2D eigenvalue weighted by molar-refractivity contribution is 14.1. The van der Waals surface area contributed by atoms with Gasteiger partial charge in [-0.2, -0.15) is 0 Å². The number of ether oxygens (including phenoxy) is 2. The van der Waals surface area contributed by atoms with Crippen LogP contribution in [0.1, 0.15) is 31.9 Å². The third-order valence-corrected chi connectivity index (χ3v) is 4.64. The number of rotatable bonds is 3. The average molecular weight is 491 g/mol. The van der Waals surface area contributed by atoms with Crippen molar-refractivity contribution in [2.45, 2.75) is 32.8 Å². The van der Waals surface area contributed by atoms with Gasteiger partial charge in [0.25, 0.3) is 0 Å². The standard InChI is InChI=1S/C10H13I.C8H8O6S/c1-10(2,3)8-4-6-9(11)7-5-8;9-15(10,11)14-4-6-1-2-7-8(3-6)13-5-12-7/h4-7H,1-3H3;1-3H,4-5H2,(H,9,10,11)/p-1. The van der Waals surface area contributed by atoms with Crippen molar-refractivity contribution >= 4 is 33.0 Å². The molecule has 3 rings (SSSR count). The predicted octanol–water partition coefficient (Wildman–Crippen LogP) is 3.98. The molecule has 0 spiro atoms. The summed E-state index contributed by atoms with van der Waals surface area (Å²) in [5, 5.41) is 0. The fraction of sp³-hybridized carbons (Fsp3) is 0.333. The molecule has 0 aromatic heterocycles. The molecule has 0 saturated carbocycles. The molecule has 0 radical (unpaired) electrons. The van der Waals surface area contributed by atoms with Crippen LogP contribution in [0.5, 0.6) is 11.5 Å². The van der Waals surface area contributed by atoms with Gasteiger partial charge in [-0.1, -0.05) is 39.0 Å². The number of hydrogen-bond acceptors (Lipinski definition) is 6. The third-order valence-electron chi connectivity index (χ3n) is 3.52. The van der Waals surface area contributed by atoms with Crippen LogP contribution >= 0.6 is 22.6 Å². The van der Waals surface area contributed by atoms with E-state index < -0.39 is 10.4 Å². The molecule has 0 unspecified atom stereocenters. The summed E-state index contributed by atoms with van der Waals surface area (Å²) >= 11 is 2.32. The minimum atomic E-state index is -4.66. The summed E-state index contributed by atoms with van der Waals surface area (Å²) in [5.74, 6) is 1.10. The van der Waals surface area contributed by atoms with Crippen LogP contribution in [0, 0.1) is 3.57 Å². The molecule has 0 N–H and O–H groups in total. The molecule has 1 heterocycles. The maximum Gasteiger partial charge on any atom is 0.231 e. The van der Waals surface area contributed by atoms with Gasteiger partial charge in [0.2, 0.25) is 17.2 Å². The first kappa shape index (κ1) is 20.9. The summed E-state index contributed by atoms with van der Waals surface area (Å²) in [7, 11) is -4.66. The van der Waals surface area contributed by atoms with Gasteiger partial charge in [-0.15, -0.1) is 0 Å². The van der Waals surface area contributed by atoms with E-state index in [9.17, 15) is 13.0 Å². The van der Waals surface area contributed by atoms with Crippen molar-refractivity contribution in [1.82, 2.24) is 0 Å². The maximum atomic E-state index is 10.2. The van der Waals surface area contributed by atoms with Crippen LogP contribution in [-0.2, 0) is 26.6 Å². The van der Waals surface area contributed by atoms with Crippen molar-refractivity contribution in [3.8, 4) is 11.5 Å². The van der Waals surface area contributed by atoms with Crippen molar-refractivity contribution in [2.24, 2.45) is 0 Å². The molecule has 1 aliphatic rings. The van der Waals surface area contributed by atoms with Gasteiger partial charge in [-0.3, -0.25) is 4.18 Å². The van der Waals surface area contributed by atoms with Gasteiger partial charge < -0.3 is 14.0 Å². The highest BCUT2D eigenvalue weighted by Gasteiger charge is 2.13. The van der Waals surface area contributed by atoms with Crippen LogP contribution in [0.2, 0.25) is 0 Å². The fourth-order valence-electron chi connectivity index (χ4n) is 2.12. The largest absolute Gasteiger partial charge is 0.726 e. The second-order valence-electron chi connectivity index (χ2n) is 6.61. The van der Waals surface area contributed by atoms with E-state index in [1.54, 1.807) is 18.2 Å². The summed E-state index contributed by atoms with van der Waals surface area (Å²) in [6, 6.07) is 13.5. The lowest BCUT2D eigenvalue weighted by Gasteiger charge is -2.18. The number of hydrogen-bond donors (Lipinski definition) is 0. The fourth-order valence-corrected chi connectivity index (χ4v) is 2.76. The Balaban J connectivity index is 0.000000197. The Morgan fingerprint density at radius 3 is 2.27 bits per heavy atom. The Morgan fingerprint density at radius 2 is 1.69 bits per heavy atom. The molecule has 0 saturated heterocycles. The second-order valence-corrected chi connectivity index (χ2v) is 8.91. The van der Waals surface area contributed by atoms with E-state index in [1.807, 2.05) is 0 Å². The molecule has 26 heavy (non-hydrogen) atoms. The van der Waals surface area contributed by atoms with Gasteiger partial charge in [0.1, 0.15) is 0 Å². The number of benzene rings is 2. The second kappa shape index (κ2) is 8.55. The topological polar surface area (TPSA) is 84.9 Å². The Bertz CT molecular complexity index is 841. The smallest absolute Gasteiger partial charge is 0.231 e. The van der Waals surface area contributed by atoms with Crippen molar-refractivity contribution < 1.29 is 26.6 Å². The summed E-state index contributed by atoms with van der Waals surface area (Å²) in [6.07, 6.45) is 0. The lowest BCUT2D eigenvalue weighted by atomic mass is 9.87. The van der Waals surface area contributed by atoms with Crippen molar-refractivity contribution in [2.75, 3.05) is 6.79 Å². The molecular weight excluding hydrogens is 471 g/mol. The van der Waals surface area contributed by atoms with Crippen LogP contribution in [0.15, 0.2) is 42.5 Å². The molecule has 0 atom stereocenters. The van der Waals surface area contributed by atoms with E-state index in [2.05, 4.69) is 71.8 Å². The predicted molar refractivity (Wildman–Crippen MR) is 105 cm³/mol. The molecule has 2 aromatic rings. The molecule has 0 amide bonds. The van der Waals surface area contributed by atoms with Crippen molar-refractivity contribution in [3.05, 3.63) is 57.2 Å². The zero-order valence-corrected chi connectivity index (χ0v) is 17.7. The van der Waals surface area contributed by atoms with Crippen LogP contribution in [0.3, 0.4) is 0 Å². The highest BCUT2D eigenvalue weighted by Crippen LogP contribution is 2.32. The van der Waals surface area contributed by atoms with E-state index in [0.29, 0.717) is 17.1 Å². The SMILES string of the molecule is CC(C)(C)c1ccc(I)cc1.O=S(=O)([O-])OCc1ccc2c(c1)OCO2. The van der Waals surface area contributed by atoms with Gasteiger partial charge in [-0.05, 0) is 63.4 Å². The summed E-state index contributed by atoms with van der Waals surface area (Å²) in [5.41, 5.74) is 2.21. The lowest BCUT2D eigenvalue weighted by molar-refractivity contribution is 0.174. The first-order valence-corrected chi connectivity index (χ1v) is 10.2. The zero-order valence-electron chi connectivity index (χ0n) is 14.7. The lowest BCUT2D eigenvalue weighted by Crippen LogP contribution is -2.10. The maximum absolute atomic E-state index is 10.2. The molecule has 2 aromatic carbocycles. The van der Waals surface area contributed by atoms with Crippen LogP contribution in [0.4, 0.5) is 0 Å². The molecule has 142 valence electrons. The van der Waals surface area contributed by atoms with E-state index >= 15 is 0 Å². The molecule has 0 bridgehead atoms. The Kier molecular flexibility index (Phi) is 6.89. The van der Waals surface area contributed by atoms with E-state index in [0.717, 1.165) is 0 Å². The van der Waals surface area contributed by atoms with E-state index in [1.165, 1.54) is 9.13 Å². The third kappa shape index (κ3) is 6.75. The highest BCUT2D eigenvalue weighted by atomic mass is 127. The Labute approximate surface area is 167 Å². The van der Waals surface area contributed by atoms with Crippen LogP contribution in [-0.4, -0.2) is 19.8 Å². The van der Waals surface area contributed by atoms with Crippen LogP contribution in [0.25, 0.3) is 0 Å². The molecular formula is C18H20IO6S-. The first-order chi connectivity index (χ1) is 12.0. The van der Waals surface area contributed by atoms with E-state index in [4.69, 9.17) is 9.47 Å². The number of halogens is 1. The monoisotopic (exact) mass is 491 g/mol. The van der Waals surface area contributed by atoms with Crippen molar-refractivity contribution in [1.29, 1.82) is 0 Å². The molecule has 0 fully saturated rings. The van der Waals surface area contributed by atoms with Gasteiger partial charge >= 0.3 is 0 Å². The van der Waals surface area contributed by atoms with E-state index in [-0.39, 0.29) is 18.8 Å². The van der Waals surface area contributed by atoms with Gasteiger partial charge in [0.15, 0.2) is 11.5 Å². The molecule has 8 heteroatoms. The van der Waals surface area contributed by atoms with Gasteiger partial charge in [-0.25, -0.2) is 8.42 Å². The van der Waals surface area contributed by atoms with Crippen molar-refractivity contribution in [3.63, 3.8) is 0 Å². The number of fused-ring (bicyclic) bond motifs is 1. The molecule has 0 aliphatic carbocycles. The summed E-state index contributed by atoms with van der Waals surface area (Å²) < 4.78 is 46.1. The van der Waals surface area contributed by atoms with Gasteiger partial charge in [0, 0.05) is 3.57 Å². The zero-order chi connectivity index (χ0) is 19.4. The minimum Gasteiger partial charge on any atom is -0.726 e. The average Bonchev–Trinajstić information content (AvgIpc) is 3.00. The normalized spacial score (nSPS) is 13.1. The Hall–Kier alpha value is -1.36. The van der Waals surface area contributed by atoms with Crippen LogP contribution < -0.4 is 9.47 Å². The molecule has 1 aliphatic heterocycles. The molecule has 6 nitrogen and oxygen atoms in total.